The summed E-state index contributed by atoms with van der Waals surface area (Å²) in [5.41, 5.74) is 2.82. The van der Waals surface area contributed by atoms with E-state index in [0.717, 1.165) is 16.7 Å². The van der Waals surface area contributed by atoms with Crippen LogP contribution < -0.4 is 4.74 Å². The molecule has 0 saturated heterocycles. The molecule has 4 nitrogen and oxygen atoms in total. The number of ether oxygens (including phenoxy) is 2. The van der Waals surface area contributed by atoms with Crippen molar-refractivity contribution < 1.29 is 19.4 Å². The summed E-state index contributed by atoms with van der Waals surface area (Å²) in [4.78, 5) is 11.6. The van der Waals surface area contributed by atoms with E-state index >= 15 is 0 Å². The van der Waals surface area contributed by atoms with Crippen LogP contribution in [0.5, 0.6) is 5.75 Å². The summed E-state index contributed by atoms with van der Waals surface area (Å²) < 4.78 is 9.94. The molecule has 25 heavy (non-hydrogen) atoms. The van der Waals surface area contributed by atoms with E-state index in [4.69, 9.17) is 14.6 Å². The topological polar surface area (TPSA) is 55.8 Å². The van der Waals surface area contributed by atoms with Gasteiger partial charge in [-0.15, -0.1) is 0 Å². The average Bonchev–Trinajstić information content (AvgIpc) is 2.66. The fourth-order valence-corrected chi connectivity index (χ4v) is 2.05. The molecule has 0 aliphatic heterocycles. The number of aliphatic hydroxyl groups is 1. The Kier molecular flexibility index (Phi) is 6.65. The van der Waals surface area contributed by atoms with Crippen molar-refractivity contribution in [3.05, 3.63) is 64.7 Å². The zero-order valence-electron chi connectivity index (χ0n) is 14.1. The summed E-state index contributed by atoms with van der Waals surface area (Å²) in [7, 11) is 2.82. The molecule has 0 atom stereocenters. The highest BCUT2D eigenvalue weighted by molar-refractivity contribution is 5.92. The summed E-state index contributed by atoms with van der Waals surface area (Å²) in [6.45, 7) is 0.0643. The molecule has 0 amide bonds. The number of rotatable bonds is 3. The Bertz CT molecular complexity index is 859. The van der Waals surface area contributed by atoms with Gasteiger partial charge in [0.25, 0.3) is 0 Å². The smallest absolute Gasteiger partial charge is 0.341 e. The first-order valence-electron chi connectivity index (χ1n) is 7.66. The van der Waals surface area contributed by atoms with Crippen LogP contribution in [0, 0.1) is 23.7 Å². The average molecular weight is 334 g/mol. The normalized spacial score (nSPS) is 9.24. The number of carbonyl (C=O) groups excluding carboxylic acids is 1. The van der Waals surface area contributed by atoms with Crippen LogP contribution in [0.2, 0.25) is 0 Å². The van der Waals surface area contributed by atoms with Gasteiger partial charge in [-0.1, -0.05) is 23.7 Å². The molecule has 0 aromatic heterocycles. The molecule has 0 aliphatic carbocycles. The van der Waals surface area contributed by atoms with Crippen molar-refractivity contribution >= 4 is 5.97 Å². The van der Waals surface area contributed by atoms with E-state index in [-0.39, 0.29) is 6.61 Å². The summed E-state index contributed by atoms with van der Waals surface area (Å²) in [6, 6.07) is 12.6. The predicted octanol–water partition coefficient (Wildman–Crippen LogP) is 2.62. The zero-order valence-corrected chi connectivity index (χ0v) is 14.1. The van der Waals surface area contributed by atoms with Crippen molar-refractivity contribution in [3.63, 3.8) is 0 Å². The van der Waals surface area contributed by atoms with Crippen molar-refractivity contribution in [2.75, 3.05) is 20.8 Å². The minimum atomic E-state index is -0.450. The van der Waals surface area contributed by atoms with Crippen molar-refractivity contribution in [1.82, 2.24) is 0 Å². The second-order valence-corrected chi connectivity index (χ2v) is 5.01. The maximum Gasteiger partial charge on any atom is 0.341 e. The van der Waals surface area contributed by atoms with Crippen molar-refractivity contribution in [2.24, 2.45) is 0 Å². The van der Waals surface area contributed by atoms with Gasteiger partial charge in [-0.2, -0.15) is 0 Å². The van der Waals surface area contributed by atoms with Gasteiger partial charge in [0.15, 0.2) is 0 Å². The Balaban J connectivity index is 2.18. The van der Waals surface area contributed by atoms with Crippen LogP contribution in [-0.4, -0.2) is 31.9 Å². The number of methoxy groups -OCH3 is 2. The Morgan fingerprint density at radius 3 is 2.16 bits per heavy atom. The minimum absolute atomic E-state index is 0.0643. The minimum Gasteiger partial charge on any atom is -0.496 e. The molecular weight excluding hydrogens is 316 g/mol. The molecule has 1 N–H and O–H groups in total. The van der Waals surface area contributed by atoms with Gasteiger partial charge in [0.2, 0.25) is 0 Å². The lowest BCUT2D eigenvalue weighted by atomic mass is 10.1. The van der Waals surface area contributed by atoms with Crippen LogP contribution >= 0.6 is 0 Å². The number of benzene rings is 2. The Morgan fingerprint density at radius 1 is 0.960 bits per heavy atom. The fraction of sp³-hybridized carbons (Fsp3) is 0.190. The monoisotopic (exact) mass is 334 g/mol. The highest BCUT2D eigenvalue weighted by Crippen LogP contribution is 2.20. The first-order chi connectivity index (χ1) is 12.2. The number of carbonyl (C=O) groups is 1. The van der Waals surface area contributed by atoms with Crippen molar-refractivity contribution in [2.45, 2.75) is 6.42 Å². The lowest BCUT2D eigenvalue weighted by molar-refractivity contribution is 0.0597. The van der Waals surface area contributed by atoms with Gasteiger partial charge < -0.3 is 14.6 Å². The highest BCUT2D eigenvalue weighted by atomic mass is 16.5. The number of hydrogen-bond acceptors (Lipinski definition) is 4. The molecule has 0 spiro atoms. The Morgan fingerprint density at radius 2 is 1.56 bits per heavy atom. The third kappa shape index (κ3) is 5.14. The Hall–Kier alpha value is -3.21. The van der Waals surface area contributed by atoms with E-state index in [1.165, 1.54) is 14.2 Å². The summed E-state index contributed by atoms with van der Waals surface area (Å²) in [6.07, 6.45) is 0.463. The van der Waals surface area contributed by atoms with E-state index in [1.807, 2.05) is 24.3 Å². The summed E-state index contributed by atoms with van der Waals surface area (Å²) in [5, 5.41) is 8.71. The van der Waals surface area contributed by atoms with Gasteiger partial charge in [-0.3, -0.25) is 0 Å². The van der Waals surface area contributed by atoms with Gasteiger partial charge in [-0.25, -0.2) is 4.79 Å². The van der Waals surface area contributed by atoms with Crippen LogP contribution in [0.3, 0.4) is 0 Å². The number of esters is 1. The molecule has 4 heteroatoms. The molecule has 0 unspecified atom stereocenters. The number of hydrogen-bond donors (Lipinski definition) is 1. The molecule has 0 aliphatic rings. The molecular formula is C21H18O4. The van der Waals surface area contributed by atoms with Gasteiger partial charge in [0, 0.05) is 23.1 Å². The molecule has 0 fully saturated rings. The van der Waals surface area contributed by atoms with Crippen molar-refractivity contribution in [3.8, 4) is 29.4 Å². The third-order valence-corrected chi connectivity index (χ3v) is 3.31. The second-order valence-electron chi connectivity index (χ2n) is 5.01. The van der Waals surface area contributed by atoms with Crippen LogP contribution in [0.4, 0.5) is 0 Å². The van der Waals surface area contributed by atoms with Gasteiger partial charge in [0.1, 0.15) is 11.3 Å². The molecule has 126 valence electrons. The van der Waals surface area contributed by atoms with E-state index in [2.05, 4.69) is 23.7 Å². The van der Waals surface area contributed by atoms with E-state index in [0.29, 0.717) is 17.7 Å². The molecule has 2 aromatic carbocycles. The third-order valence-electron chi connectivity index (χ3n) is 3.31. The van der Waals surface area contributed by atoms with Crippen LogP contribution in [0.15, 0.2) is 42.5 Å². The standard InChI is InChI=1S/C21H18O4/c1-24-20-15-18(12-13-19(20)21(23)25-2)11-10-17-8-6-16(7-9-17)5-3-4-14-22/h6-9,12-13,15,22H,4,14H2,1-2H3. The fourth-order valence-electron chi connectivity index (χ4n) is 2.05. The zero-order chi connectivity index (χ0) is 18.1. The van der Waals surface area contributed by atoms with Gasteiger partial charge in [0.05, 0.1) is 20.8 Å². The first kappa shape index (κ1) is 18.1. The van der Waals surface area contributed by atoms with Crippen molar-refractivity contribution in [1.29, 1.82) is 0 Å². The summed E-state index contributed by atoms with van der Waals surface area (Å²) >= 11 is 0. The largest absolute Gasteiger partial charge is 0.496 e. The lowest BCUT2D eigenvalue weighted by Gasteiger charge is -2.06. The van der Waals surface area contributed by atoms with Crippen LogP contribution in [0.25, 0.3) is 0 Å². The lowest BCUT2D eigenvalue weighted by Crippen LogP contribution is -2.04. The molecule has 2 aromatic rings. The highest BCUT2D eigenvalue weighted by Gasteiger charge is 2.12. The van der Waals surface area contributed by atoms with Gasteiger partial charge in [-0.05, 0) is 42.5 Å². The van der Waals surface area contributed by atoms with E-state index in [1.54, 1.807) is 18.2 Å². The maximum atomic E-state index is 11.6. The second kappa shape index (κ2) is 9.17. The van der Waals surface area contributed by atoms with Gasteiger partial charge >= 0.3 is 5.97 Å². The summed E-state index contributed by atoms with van der Waals surface area (Å²) in [5.74, 6) is 11.9. The molecule has 2 rings (SSSR count). The molecule has 0 heterocycles. The molecule has 0 saturated carbocycles. The van der Waals surface area contributed by atoms with Crippen LogP contribution in [-0.2, 0) is 4.74 Å². The molecule has 0 bridgehead atoms. The quantitative estimate of drug-likeness (QED) is 0.692. The maximum absolute atomic E-state index is 11.6. The van der Waals surface area contributed by atoms with E-state index in [9.17, 15) is 4.79 Å². The number of aliphatic hydroxyl groups excluding tert-OH is 1. The van der Waals surface area contributed by atoms with E-state index < -0.39 is 5.97 Å². The SMILES string of the molecule is COC(=O)c1ccc(C#Cc2ccc(C#CCCO)cc2)cc1OC. The Labute approximate surface area is 147 Å². The predicted molar refractivity (Wildman–Crippen MR) is 95.3 cm³/mol. The first-order valence-corrected chi connectivity index (χ1v) is 7.66. The van der Waals surface area contributed by atoms with Crippen LogP contribution in [0.1, 0.15) is 33.5 Å². The molecule has 0 radical (unpaired) electrons.